The zero-order valence-corrected chi connectivity index (χ0v) is 11.5. The summed E-state index contributed by atoms with van der Waals surface area (Å²) in [6.45, 7) is 2.38. The van der Waals surface area contributed by atoms with Crippen molar-refractivity contribution in [3.63, 3.8) is 0 Å². The Kier molecular flexibility index (Phi) is 3.10. The van der Waals surface area contributed by atoms with Gasteiger partial charge in [-0.2, -0.15) is 0 Å². The van der Waals surface area contributed by atoms with Gasteiger partial charge in [-0.3, -0.25) is 9.36 Å². The molecule has 2 N–H and O–H groups in total. The number of carbonyl (C=O) groups excluding carboxylic acids is 1. The molecule has 0 unspecified atom stereocenters. The van der Waals surface area contributed by atoms with E-state index in [1.54, 1.807) is 42.5 Å². The minimum absolute atomic E-state index is 0.193. The van der Waals surface area contributed by atoms with Gasteiger partial charge in [0.05, 0.1) is 5.52 Å². The molecule has 2 aromatic carbocycles. The molecule has 0 atom stereocenters. The van der Waals surface area contributed by atoms with Crippen LogP contribution in [-0.4, -0.2) is 10.4 Å². The number of nitrogens with zero attached hydrogens (tertiary/aromatic N) is 1. The van der Waals surface area contributed by atoms with E-state index in [4.69, 9.17) is 10.2 Å². The molecule has 106 valence electrons. The van der Waals surface area contributed by atoms with E-state index in [0.29, 0.717) is 34.5 Å². The van der Waals surface area contributed by atoms with Crippen LogP contribution in [0.2, 0.25) is 0 Å². The quantitative estimate of drug-likeness (QED) is 0.591. The molecular formula is C16H14N2O3. The van der Waals surface area contributed by atoms with E-state index < -0.39 is 5.76 Å². The lowest BCUT2D eigenvalue weighted by atomic mass is 10.0. The molecule has 0 saturated heterocycles. The van der Waals surface area contributed by atoms with E-state index in [-0.39, 0.29) is 5.78 Å². The molecule has 5 heteroatoms. The fourth-order valence-corrected chi connectivity index (χ4v) is 2.37. The van der Waals surface area contributed by atoms with Gasteiger partial charge in [0.15, 0.2) is 11.4 Å². The predicted octanol–water partition coefficient (Wildman–Crippen LogP) is 2.43. The first kappa shape index (κ1) is 13.2. The lowest BCUT2D eigenvalue weighted by Crippen LogP contribution is -2.12. The molecule has 0 radical (unpaired) electrons. The van der Waals surface area contributed by atoms with Crippen LogP contribution in [0.3, 0.4) is 0 Å². The highest BCUT2D eigenvalue weighted by atomic mass is 16.4. The summed E-state index contributed by atoms with van der Waals surface area (Å²) in [5, 5.41) is 0. The fourth-order valence-electron chi connectivity index (χ4n) is 2.37. The largest absolute Gasteiger partial charge is 0.419 e. The maximum absolute atomic E-state index is 12.5. The standard InChI is InChI=1S/C16H14N2O3/c1-2-18-13-8-7-10(9-14(13)21-16(18)20)15(19)11-5-3-4-6-12(11)17/h3-9H,2,17H2,1H3. The molecule has 0 bridgehead atoms. The van der Waals surface area contributed by atoms with E-state index in [1.165, 1.54) is 4.57 Å². The summed E-state index contributed by atoms with van der Waals surface area (Å²) in [4.78, 5) is 24.1. The van der Waals surface area contributed by atoms with Crippen molar-refractivity contribution < 1.29 is 9.21 Å². The molecule has 0 aliphatic heterocycles. The monoisotopic (exact) mass is 282 g/mol. The Morgan fingerprint density at radius 3 is 2.71 bits per heavy atom. The molecule has 21 heavy (non-hydrogen) atoms. The number of oxazole rings is 1. The number of ketones is 1. The number of anilines is 1. The summed E-state index contributed by atoms with van der Waals surface area (Å²) in [6, 6.07) is 11.9. The maximum Gasteiger partial charge on any atom is 0.419 e. The first-order valence-electron chi connectivity index (χ1n) is 6.64. The van der Waals surface area contributed by atoms with E-state index in [0.717, 1.165) is 0 Å². The zero-order chi connectivity index (χ0) is 15.0. The average Bonchev–Trinajstić information content (AvgIpc) is 2.81. The predicted molar refractivity (Wildman–Crippen MR) is 80.4 cm³/mol. The molecule has 3 rings (SSSR count). The van der Waals surface area contributed by atoms with Gasteiger partial charge in [0.25, 0.3) is 0 Å². The highest BCUT2D eigenvalue weighted by Gasteiger charge is 2.15. The van der Waals surface area contributed by atoms with Crippen LogP contribution >= 0.6 is 0 Å². The Balaban J connectivity index is 2.12. The molecule has 0 aliphatic rings. The molecule has 3 aromatic rings. The Morgan fingerprint density at radius 1 is 1.24 bits per heavy atom. The number of benzene rings is 2. The number of hydrogen-bond acceptors (Lipinski definition) is 4. The first-order chi connectivity index (χ1) is 10.1. The number of nitrogen functional groups attached to an aromatic ring is 1. The third-order valence-electron chi connectivity index (χ3n) is 3.45. The lowest BCUT2D eigenvalue weighted by molar-refractivity contribution is 0.103. The van der Waals surface area contributed by atoms with Crippen LogP contribution in [-0.2, 0) is 6.54 Å². The fraction of sp³-hybridized carbons (Fsp3) is 0.125. The third kappa shape index (κ3) is 2.12. The van der Waals surface area contributed by atoms with E-state index >= 15 is 0 Å². The number of para-hydroxylation sites is 1. The lowest BCUT2D eigenvalue weighted by Gasteiger charge is -2.04. The van der Waals surface area contributed by atoms with Crippen LogP contribution < -0.4 is 11.5 Å². The number of aromatic nitrogens is 1. The van der Waals surface area contributed by atoms with Crippen LogP contribution in [0.4, 0.5) is 5.69 Å². The van der Waals surface area contributed by atoms with Gasteiger partial charge in [-0.25, -0.2) is 4.79 Å². The molecule has 0 fully saturated rings. The van der Waals surface area contributed by atoms with Crippen molar-refractivity contribution in [3.8, 4) is 0 Å². The van der Waals surface area contributed by atoms with Gasteiger partial charge in [-0.1, -0.05) is 12.1 Å². The van der Waals surface area contributed by atoms with Gasteiger partial charge in [0, 0.05) is 23.4 Å². The topological polar surface area (TPSA) is 78.2 Å². The van der Waals surface area contributed by atoms with Gasteiger partial charge >= 0.3 is 5.76 Å². The van der Waals surface area contributed by atoms with E-state index in [1.807, 2.05) is 6.92 Å². The van der Waals surface area contributed by atoms with Crippen molar-refractivity contribution in [2.75, 3.05) is 5.73 Å². The molecule has 0 aliphatic carbocycles. The minimum Gasteiger partial charge on any atom is -0.408 e. The number of carbonyl (C=O) groups is 1. The molecule has 0 amide bonds. The zero-order valence-electron chi connectivity index (χ0n) is 11.5. The Morgan fingerprint density at radius 2 is 2.00 bits per heavy atom. The van der Waals surface area contributed by atoms with Crippen molar-refractivity contribution in [2.45, 2.75) is 13.5 Å². The van der Waals surface area contributed by atoms with Gasteiger partial charge in [-0.05, 0) is 37.3 Å². The molecule has 1 aromatic heterocycles. The van der Waals surface area contributed by atoms with Crippen molar-refractivity contribution in [3.05, 3.63) is 64.1 Å². The van der Waals surface area contributed by atoms with Crippen molar-refractivity contribution >= 4 is 22.6 Å². The summed E-state index contributed by atoms with van der Waals surface area (Å²) in [5.74, 6) is -0.613. The Hall–Kier alpha value is -2.82. The van der Waals surface area contributed by atoms with Crippen LogP contribution in [0.1, 0.15) is 22.8 Å². The number of hydrogen-bond donors (Lipinski definition) is 1. The second kappa shape index (κ2) is 4.94. The number of nitrogens with two attached hydrogens (primary N) is 1. The normalized spacial score (nSPS) is 10.9. The second-order valence-corrected chi connectivity index (χ2v) is 4.71. The SMILES string of the molecule is CCn1c(=O)oc2cc(C(=O)c3ccccc3N)ccc21. The van der Waals surface area contributed by atoms with Gasteiger partial charge in [0.2, 0.25) is 0 Å². The summed E-state index contributed by atoms with van der Waals surface area (Å²) < 4.78 is 6.69. The summed E-state index contributed by atoms with van der Waals surface area (Å²) >= 11 is 0. The molecular weight excluding hydrogens is 268 g/mol. The summed E-state index contributed by atoms with van der Waals surface area (Å²) in [7, 11) is 0. The van der Waals surface area contributed by atoms with Gasteiger partial charge < -0.3 is 10.2 Å². The maximum atomic E-state index is 12.5. The second-order valence-electron chi connectivity index (χ2n) is 4.71. The van der Waals surface area contributed by atoms with Crippen LogP contribution in [0.5, 0.6) is 0 Å². The van der Waals surface area contributed by atoms with Crippen molar-refractivity contribution in [1.29, 1.82) is 0 Å². The van der Waals surface area contributed by atoms with Crippen molar-refractivity contribution in [1.82, 2.24) is 4.57 Å². The van der Waals surface area contributed by atoms with Crippen LogP contribution in [0, 0.1) is 0 Å². The highest BCUT2D eigenvalue weighted by molar-refractivity contribution is 6.13. The van der Waals surface area contributed by atoms with Gasteiger partial charge in [0.1, 0.15) is 0 Å². The number of aryl methyl sites for hydroxylation is 1. The Bertz CT molecular complexity index is 890. The summed E-state index contributed by atoms with van der Waals surface area (Å²) in [5.41, 5.74) is 8.22. The average molecular weight is 282 g/mol. The minimum atomic E-state index is -0.420. The number of fused-ring (bicyclic) bond motifs is 1. The first-order valence-corrected chi connectivity index (χ1v) is 6.64. The van der Waals surface area contributed by atoms with E-state index in [2.05, 4.69) is 0 Å². The smallest absolute Gasteiger partial charge is 0.408 e. The van der Waals surface area contributed by atoms with Crippen LogP contribution in [0.25, 0.3) is 11.1 Å². The number of rotatable bonds is 3. The van der Waals surface area contributed by atoms with Gasteiger partial charge in [-0.15, -0.1) is 0 Å². The van der Waals surface area contributed by atoms with E-state index in [9.17, 15) is 9.59 Å². The summed E-state index contributed by atoms with van der Waals surface area (Å²) in [6.07, 6.45) is 0. The molecule has 1 heterocycles. The van der Waals surface area contributed by atoms with Crippen molar-refractivity contribution in [2.24, 2.45) is 0 Å². The third-order valence-corrected chi connectivity index (χ3v) is 3.45. The van der Waals surface area contributed by atoms with Crippen LogP contribution in [0.15, 0.2) is 51.7 Å². The molecule has 0 saturated carbocycles. The molecule has 5 nitrogen and oxygen atoms in total. The highest BCUT2D eigenvalue weighted by Crippen LogP contribution is 2.20. The molecule has 0 spiro atoms. The Labute approximate surface area is 120 Å².